The number of primary amides is 1. The van der Waals surface area contributed by atoms with Gasteiger partial charge in [-0.25, -0.2) is 13.8 Å². The lowest BCUT2D eigenvalue weighted by molar-refractivity contribution is 0.100. The number of carbonyl (C=O) groups is 1. The lowest BCUT2D eigenvalue weighted by Crippen LogP contribution is -2.18. The fourth-order valence-electron chi connectivity index (χ4n) is 3.26. The number of benzene rings is 1. The fraction of sp³-hybridized carbons (Fsp3) is 0.208. The van der Waals surface area contributed by atoms with Crippen molar-refractivity contribution in [2.75, 3.05) is 24.3 Å². The number of carbonyl (C=O) groups excluding carboxylic acids is 1. The van der Waals surface area contributed by atoms with E-state index in [1.165, 1.54) is 25.6 Å². The molecular weight excluding hydrogens is 442 g/mol. The molecule has 178 valence electrons. The average Bonchev–Trinajstić information content (AvgIpc) is 2.80. The van der Waals surface area contributed by atoms with Crippen LogP contribution in [0.1, 0.15) is 24.2 Å². The summed E-state index contributed by atoms with van der Waals surface area (Å²) in [4.78, 5) is 20.3. The van der Waals surface area contributed by atoms with E-state index in [0.29, 0.717) is 16.9 Å². The molecule has 0 aliphatic heterocycles. The third-order valence-electron chi connectivity index (χ3n) is 4.77. The summed E-state index contributed by atoms with van der Waals surface area (Å²) in [6, 6.07) is 7.34. The number of nitrogens with one attached hydrogen (secondary N) is 2. The van der Waals surface area contributed by atoms with Crippen LogP contribution in [0.15, 0.2) is 54.5 Å². The third kappa shape index (κ3) is 5.65. The zero-order valence-electron chi connectivity index (χ0n) is 19.0. The Morgan fingerprint density at radius 2 is 1.97 bits per heavy atom. The first-order valence-electron chi connectivity index (χ1n) is 10.5. The first-order chi connectivity index (χ1) is 16.2. The van der Waals surface area contributed by atoms with Crippen molar-refractivity contribution in [2.45, 2.75) is 13.8 Å². The van der Waals surface area contributed by atoms with Gasteiger partial charge in [0.2, 0.25) is 0 Å². The van der Waals surface area contributed by atoms with Gasteiger partial charge < -0.3 is 26.8 Å². The van der Waals surface area contributed by atoms with E-state index < -0.39 is 17.5 Å². The molecule has 3 rings (SSSR count). The Morgan fingerprint density at radius 1 is 1.21 bits per heavy atom. The summed E-state index contributed by atoms with van der Waals surface area (Å²) in [7, 11) is 1.38. The average molecular weight is 469 g/mol. The maximum absolute atomic E-state index is 14.7. The molecule has 0 spiro atoms. The Morgan fingerprint density at radius 3 is 2.62 bits per heavy atom. The normalized spacial score (nSPS) is 11.4. The number of halogens is 2. The van der Waals surface area contributed by atoms with Gasteiger partial charge in [0, 0.05) is 29.6 Å². The van der Waals surface area contributed by atoms with E-state index in [4.69, 9.17) is 16.2 Å². The first kappa shape index (κ1) is 24.6. The maximum atomic E-state index is 14.7. The standard InChI is InChI=1S/C24H26F2N6O2/c1-13(2)7-15(10-27)30-24-19(25)9-18(22(28)33)23(32-24)31-16-8-14(11-29-12-16)17-5-4-6-20(34-3)21(17)26/h4-9,11-13H,10,27H2,1-3H3,(H2,28,33)(H2,30,31,32)/b15-7+. The Bertz CT molecular complexity index is 1230. The van der Waals surface area contributed by atoms with Crippen molar-refractivity contribution < 1.29 is 18.3 Å². The molecule has 0 bridgehead atoms. The highest BCUT2D eigenvalue weighted by molar-refractivity contribution is 5.98. The molecule has 0 aliphatic carbocycles. The van der Waals surface area contributed by atoms with Crippen molar-refractivity contribution in [3.63, 3.8) is 0 Å². The molecule has 0 aliphatic rings. The lowest BCUT2D eigenvalue weighted by Gasteiger charge is -2.15. The Hall–Kier alpha value is -4.05. The summed E-state index contributed by atoms with van der Waals surface area (Å²) in [6.07, 6.45) is 4.77. The number of ether oxygens (including phenoxy) is 1. The molecule has 2 heterocycles. The third-order valence-corrected chi connectivity index (χ3v) is 4.77. The second-order valence-electron chi connectivity index (χ2n) is 7.75. The minimum absolute atomic E-state index is 0.00221. The Kier molecular flexibility index (Phi) is 7.75. The summed E-state index contributed by atoms with van der Waals surface area (Å²) in [5.74, 6) is -2.06. The van der Waals surface area contributed by atoms with Crippen LogP contribution in [0.5, 0.6) is 5.75 Å². The minimum Gasteiger partial charge on any atom is -0.494 e. The Balaban J connectivity index is 2.00. The topological polar surface area (TPSA) is 128 Å². The van der Waals surface area contributed by atoms with E-state index in [0.717, 1.165) is 6.07 Å². The number of allylic oxidation sites excluding steroid dienone is 1. The summed E-state index contributed by atoms with van der Waals surface area (Å²) in [5, 5.41) is 5.78. The number of amides is 1. The number of aromatic nitrogens is 2. The monoisotopic (exact) mass is 468 g/mol. The van der Waals surface area contributed by atoms with Gasteiger partial charge >= 0.3 is 0 Å². The molecule has 0 atom stereocenters. The molecule has 0 fully saturated rings. The number of hydrogen-bond acceptors (Lipinski definition) is 7. The van der Waals surface area contributed by atoms with Crippen LogP contribution in [-0.4, -0.2) is 29.5 Å². The first-order valence-corrected chi connectivity index (χ1v) is 10.5. The summed E-state index contributed by atoms with van der Waals surface area (Å²) in [6.45, 7) is 4.04. The van der Waals surface area contributed by atoms with Crippen molar-refractivity contribution >= 4 is 23.2 Å². The molecule has 3 aromatic rings. The Labute approximate surface area is 196 Å². The molecule has 2 aromatic heterocycles. The molecule has 0 unspecified atom stereocenters. The van der Waals surface area contributed by atoms with Gasteiger partial charge in [-0.1, -0.05) is 32.1 Å². The SMILES string of the molecule is COc1cccc(-c2cncc(Nc3nc(N/C(=C/C(C)C)CN)c(F)cc3C(N)=O)c2)c1F. The van der Waals surface area contributed by atoms with Crippen LogP contribution in [0.25, 0.3) is 11.1 Å². The molecule has 0 saturated heterocycles. The fourth-order valence-corrected chi connectivity index (χ4v) is 3.26. The molecule has 1 amide bonds. The largest absolute Gasteiger partial charge is 0.494 e. The summed E-state index contributed by atoms with van der Waals surface area (Å²) in [5.41, 5.74) is 12.7. The second-order valence-corrected chi connectivity index (χ2v) is 7.75. The molecule has 0 radical (unpaired) electrons. The van der Waals surface area contributed by atoms with Crippen LogP contribution in [0, 0.1) is 17.6 Å². The molecule has 0 saturated carbocycles. The molecular formula is C24H26F2N6O2. The van der Waals surface area contributed by atoms with E-state index in [2.05, 4.69) is 20.6 Å². The van der Waals surface area contributed by atoms with Crippen molar-refractivity contribution in [2.24, 2.45) is 17.4 Å². The van der Waals surface area contributed by atoms with Crippen LogP contribution >= 0.6 is 0 Å². The molecule has 34 heavy (non-hydrogen) atoms. The highest BCUT2D eigenvalue weighted by atomic mass is 19.1. The number of nitrogens with zero attached hydrogens (tertiary/aromatic N) is 2. The zero-order chi connectivity index (χ0) is 24.8. The van der Waals surface area contributed by atoms with E-state index >= 15 is 0 Å². The molecule has 1 aromatic carbocycles. The molecule has 10 heteroatoms. The quantitative estimate of drug-likeness (QED) is 0.371. The highest BCUT2D eigenvalue weighted by Crippen LogP contribution is 2.31. The van der Waals surface area contributed by atoms with Crippen LogP contribution in [0.4, 0.5) is 26.1 Å². The van der Waals surface area contributed by atoms with Gasteiger partial charge in [-0.2, -0.15) is 0 Å². The number of pyridine rings is 2. The summed E-state index contributed by atoms with van der Waals surface area (Å²) < 4.78 is 34.4. The maximum Gasteiger partial charge on any atom is 0.252 e. The van der Waals surface area contributed by atoms with E-state index in [1.54, 1.807) is 18.2 Å². The van der Waals surface area contributed by atoms with Crippen LogP contribution in [0.2, 0.25) is 0 Å². The number of rotatable bonds is 9. The van der Waals surface area contributed by atoms with Gasteiger partial charge in [-0.3, -0.25) is 9.78 Å². The number of methoxy groups -OCH3 is 1. The molecule has 6 N–H and O–H groups in total. The number of anilines is 3. The molecule has 8 nitrogen and oxygen atoms in total. The van der Waals surface area contributed by atoms with E-state index in [-0.39, 0.29) is 41.0 Å². The number of hydrogen-bond donors (Lipinski definition) is 4. The van der Waals surface area contributed by atoms with Crippen molar-refractivity contribution in [3.8, 4) is 16.9 Å². The van der Waals surface area contributed by atoms with Gasteiger partial charge in [0.15, 0.2) is 23.2 Å². The van der Waals surface area contributed by atoms with Gasteiger partial charge in [-0.05, 0) is 24.1 Å². The zero-order valence-corrected chi connectivity index (χ0v) is 19.0. The van der Waals surface area contributed by atoms with Crippen LogP contribution in [0.3, 0.4) is 0 Å². The lowest BCUT2D eigenvalue weighted by atomic mass is 10.1. The summed E-state index contributed by atoms with van der Waals surface area (Å²) >= 11 is 0. The van der Waals surface area contributed by atoms with Crippen molar-refractivity contribution in [1.29, 1.82) is 0 Å². The highest BCUT2D eigenvalue weighted by Gasteiger charge is 2.18. The smallest absolute Gasteiger partial charge is 0.252 e. The van der Waals surface area contributed by atoms with E-state index in [9.17, 15) is 13.6 Å². The van der Waals surface area contributed by atoms with Crippen LogP contribution in [-0.2, 0) is 0 Å². The van der Waals surface area contributed by atoms with Gasteiger partial charge in [0.05, 0.1) is 24.6 Å². The minimum atomic E-state index is -0.875. The van der Waals surface area contributed by atoms with E-state index in [1.807, 2.05) is 19.9 Å². The van der Waals surface area contributed by atoms with Crippen molar-refractivity contribution in [1.82, 2.24) is 9.97 Å². The van der Waals surface area contributed by atoms with Crippen LogP contribution < -0.4 is 26.8 Å². The van der Waals surface area contributed by atoms with Gasteiger partial charge in [-0.15, -0.1) is 0 Å². The van der Waals surface area contributed by atoms with Gasteiger partial charge in [0.1, 0.15) is 5.82 Å². The predicted molar refractivity (Wildman–Crippen MR) is 128 cm³/mol. The van der Waals surface area contributed by atoms with Crippen molar-refractivity contribution in [3.05, 3.63) is 71.7 Å². The van der Waals surface area contributed by atoms with Gasteiger partial charge in [0.25, 0.3) is 5.91 Å². The number of nitrogens with two attached hydrogens (primary N) is 2. The second kappa shape index (κ2) is 10.7. The predicted octanol–water partition coefficient (Wildman–Crippen LogP) is 4.18.